The van der Waals surface area contributed by atoms with Crippen LogP contribution in [0.2, 0.25) is 0 Å². The first-order chi connectivity index (χ1) is 17.9. The first kappa shape index (κ1) is 26.9. The Morgan fingerprint density at radius 1 is 1.14 bits per heavy atom. The van der Waals surface area contributed by atoms with Gasteiger partial charge in [-0.25, -0.2) is 9.78 Å². The number of benzene rings is 1. The number of rotatable bonds is 11. The molecule has 4 rings (SSSR count). The fourth-order valence-electron chi connectivity index (χ4n) is 5.69. The highest BCUT2D eigenvalue weighted by molar-refractivity contribution is 5.96. The highest BCUT2D eigenvalue weighted by Crippen LogP contribution is 2.38. The Morgan fingerprint density at radius 2 is 1.89 bits per heavy atom. The average Bonchev–Trinajstić information content (AvgIpc) is 3.16. The monoisotopic (exact) mass is 508 g/mol. The van der Waals surface area contributed by atoms with Crippen LogP contribution in [-0.2, 0) is 11.2 Å². The van der Waals surface area contributed by atoms with Crippen LogP contribution in [0.25, 0.3) is 0 Å². The van der Waals surface area contributed by atoms with Gasteiger partial charge in [0.15, 0.2) is 0 Å². The highest BCUT2D eigenvalue weighted by Gasteiger charge is 2.42. The number of nitrogens with one attached hydrogen (secondary N) is 2. The van der Waals surface area contributed by atoms with Crippen molar-refractivity contribution in [3.05, 3.63) is 53.2 Å². The van der Waals surface area contributed by atoms with E-state index in [4.69, 9.17) is 9.47 Å². The fourth-order valence-corrected chi connectivity index (χ4v) is 5.69. The number of hydrogen-bond donors (Lipinski definition) is 2. The standard InChI is InChI=1S/C29H40N4O4/c1-5-37-29(35)20-11-14-27(31-18-20)33-22-12-13-23(33)17-21(16-22)32-28(34)25-8-6-10-26(36-4)24(25)9-7-15-30-19(2)3/h6,8,10-11,14,18-19,21-23,30H,5,7,9,12-13,15-17H2,1-4H3,(H,32,34). The van der Waals surface area contributed by atoms with Gasteiger partial charge in [-0.3, -0.25) is 4.79 Å². The normalized spacial score (nSPS) is 20.7. The maximum absolute atomic E-state index is 13.4. The summed E-state index contributed by atoms with van der Waals surface area (Å²) in [5, 5.41) is 6.77. The van der Waals surface area contributed by atoms with E-state index in [1.54, 1.807) is 26.3 Å². The van der Waals surface area contributed by atoms with Crippen LogP contribution in [0.4, 0.5) is 5.82 Å². The molecule has 37 heavy (non-hydrogen) atoms. The van der Waals surface area contributed by atoms with Crippen molar-refractivity contribution in [2.24, 2.45) is 0 Å². The number of methoxy groups -OCH3 is 1. The van der Waals surface area contributed by atoms with Crippen molar-refractivity contribution < 1.29 is 19.1 Å². The van der Waals surface area contributed by atoms with Gasteiger partial charge in [0.2, 0.25) is 0 Å². The van der Waals surface area contributed by atoms with Gasteiger partial charge in [-0.15, -0.1) is 0 Å². The van der Waals surface area contributed by atoms with Crippen molar-refractivity contribution in [3.8, 4) is 5.75 Å². The number of carbonyl (C=O) groups is 2. The van der Waals surface area contributed by atoms with Crippen LogP contribution in [0.3, 0.4) is 0 Å². The van der Waals surface area contributed by atoms with E-state index >= 15 is 0 Å². The second-order valence-corrected chi connectivity index (χ2v) is 10.3. The van der Waals surface area contributed by atoms with Crippen LogP contribution in [0.15, 0.2) is 36.5 Å². The molecule has 8 nitrogen and oxygen atoms in total. The van der Waals surface area contributed by atoms with Gasteiger partial charge in [-0.2, -0.15) is 0 Å². The van der Waals surface area contributed by atoms with Gasteiger partial charge < -0.3 is 25.0 Å². The number of amides is 1. The molecule has 1 aromatic heterocycles. The summed E-state index contributed by atoms with van der Waals surface area (Å²) in [4.78, 5) is 32.4. The van der Waals surface area contributed by atoms with Crippen LogP contribution in [0, 0.1) is 0 Å². The van der Waals surface area contributed by atoms with Gasteiger partial charge in [0, 0.05) is 41.5 Å². The van der Waals surface area contributed by atoms with Crippen LogP contribution < -0.4 is 20.3 Å². The number of pyridine rings is 1. The Morgan fingerprint density at radius 3 is 2.51 bits per heavy atom. The number of fused-ring (bicyclic) bond motifs is 2. The molecule has 1 aromatic carbocycles. The maximum atomic E-state index is 13.4. The van der Waals surface area contributed by atoms with Crippen molar-refractivity contribution >= 4 is 17.7 Å². The van der Waals surface area contributed by atoms with Crippen molar-refractivity contribution in [1.82, 2.24) is 15.6 Å². The Kier molecular flexibility index (Phi) is 9.03. The molecule has 2 N–H and O–H groups in total. The third-order valence-corrected chi connectivity index (χ3v) is 7.35. The number of piperidine rings is 1. The van der Waals surface area contributed by atoms with Gasteiger partial charge in [-0.1, -0.05) is 19.9 Å². The van der Waals surface area contributed by atoms with E-state index in [1.807, 2.05) is 24.3 Å². The lowest BCUT2D eigenvalue weighted by Gasteiger charge is -2.40. The van der Waals surface area contributed by atoms with E-state index < -0.39 is 0 Å². The molecule has 2 aromatic rings. The summed E-state index contributed by atoms with van der Waals surface area (Å²) in [6.07, 6.45) is 7.22. The molecule has 0 saturated carbocycles. The smallest absolute Gasteiger partial charge is 0.339 e. The minimum absolute atomic E-state index is 0.0273. The lowest BCUT2D eigenvalue weighted by Crippen LogP contribution is -2.50. The van der Waals surface area contributed by atoms with Gasteiger partial charge in [0.25, 0.3) is 5.91 Å². The van der Waals surface area contributed by atoms with Gasteiger partial charge in [0.1, 0.15) is 11.6 Å². The Hall–Kier alpha value is -3.13. The van der Waals surface area contributed by atoms with Crippen molar-refractivity contribution in [2.75, 3.05) is 25.2 Å². The Balaban J connectivity index is 1.40. The summed E-state index contributed by atoms with van der Waals surface area (Å²) in [6.45, 7) is 7.30. The predicted octanol–water partition coefficient (Wildman–Crippen LogP) is 4.13. The zero-order valence-electron chi connectivity index (χ0n) is 22.5. The Bertz CT molecular complexity index is 1060. The van der Waals surface area contributed by atoms with E-state index in [0.29, 0.717) is 35.9 Å². The molecule has 0 spiro atoms. The molecule has 2 saturated heterocycles. The quantitative estimate of drug-likeness (QED) is 0.348. The number of hydrogen-bond acceptors (Lipinski definition) is 7. The second kappa shape index (κ2) is 12.4. The van der Waals surface area contributed by atoms with E-state index in [9.17, 15) is 9.59 Å². The number of esters is 1. The van der Waals surface area contributed by atoms with Crippen molar-refractivity contribution in [1.29, 1.82) is 0 Å². The fraction of sp³-hybridized carbons (Fsp3) is 0.552. The van der Waals surface area contributed by atoms with Crippen LogP contribution in [0.1, 0.15) is 79.2 Å². The lowest BCUT2D eigenvalue weighted by molar-refractivity contribution is 0.0525. The van der Waals surface area contributed by atoms with E-state index in [1.165, 1.54) is 0 Å². The number of carbonyl (C=O) groups excluding carboxylic acids is 2. The molecular weight excluding hydrogens is 468 g/mol. The first-order valence-corrected chi connectivity index (χ1v) is 13.5. The molecule has 2 fully saturated rings. The number of aromatic nitrogens is 1. The van der Waals surface area contributed by atoms with E-state index in [0.717, 1.165) is 62.2 Å². The molecule has 200 valence electrons. The molecule has 0 radical (unpaired) electrons. The SMILES string of the molecule is CCOC(=O)c1ccc(N2C3CCC2CC(NC(=O)c2cccc(OC)c2CCCNC(C)C)C3)nc1. The topological polar surface area (TPSA) is 92.8 Å². The molecule has 3 heterocycles. The van der Waals surface area contributed by atoms with E-state index in [-0.39, 0.29) is 17.9 Å². The summed E-state index contributed by atoms with van der Waals surface area (Å²) in [5.41, 5.74) is 2.14. The predicted molar refractivity (Wildman–Crippen MR) is 144 cm³/mol. The maximum Gasteiger partial charge on any atom is 0.339 e. The third-order valence-electron chi connectivity index (χ3n) is 7.35. The summed E-state index contributed by atoms with van der Waals surface area (Å²) in [6, 6.07) is 10.6. The van der Waals surface area contributed by atoms with Crippen molar-refractivity contribution in [3.63, 3.8) is 0 Å². The molecule has 2 bridgehead atoms. The molecule has 1 amide bonds. The zero-order chi connectivity index (χ0) is 26.4. The third kappa shape index (κ3) is 6.42. The summed E-state index contributed by atoms with van der Waals surface area (Å²) in [5.74, 6) is 1.28. The van der Waals surface area contributed by atoms with Crippen LogP contribution >= 0.6 is 0 Å². The molecular formula is C29H40N4O4. The molecule has 2 unspecified atom stereocenters. The summed E-state index contributed by atoms with van der Waals surface area (Å²) in [7, 11) is 1.66. The van der Waals surface area contributed by atoms with E-state index in [2.05, 4.69) is 34.4 Å². The van der Waals surface area contributed by atoms with Gasteiger partial charge in [0.05, 0.1) is 19.3 Å². The largest absolute Gasteiger partial charge is 0.496 e. The van der Waals surface area contributed by atoms with Gasteiger partial charge >= 0.3 is 5.97 Å². The minimum atomic E-state index is -0.348. The van der Waals surface area contributed by atoms with Gasteiger partial charge in [-0.05, 0) is 76.3 Å². The van der Waals surface area contributed by atoms with Crippen LogP contribution in [-0.4, -0.2) is 61.3 Å². The Labute approximate surface area is 220 Å². The zero-order valence-corrected chi connectivity index (χ0v) is 22.5. The molecule has 2 aliphatic rings. The minimum Gasteiger partial charge on any atom is -0.496 e. The highest BCUT2D eigenvalue weighted by atomic mass is 16.5. The first-order valence-electron chi connectivity index (χ1n) is 13.5. The van der Waals surface area contributed by atoms with Crippen LogP contribution in [0.5, 0.6) is 5.75 Å². The molecule has 8 heteroatoms. The number of ether oxygens (including phenoxy) is 2. The molecule has 2 atom stereocenters. The summed E-state index contributed by atoms with van der Waals surface area (Å²) >= 11 is 0. The summed E-state index contributed by atoms with van der Waals surface area (Å²) < 4.78 is 10.7. The lowest BCUT2D eigenvalue weighted by atomic mass is 9.95. The van der Waals surface area contributed by atoms with Crippen molar-refractivity contribution in [2.45, 2.75) is 83.5 Å². The average molecular weight is 509 g/mol. The molecule has 0 aliphatic carbocycles. The molecule has 2 aliphatic heterocycles. The second-order valence-electron chi connectivity index (χ2n) is 10.3. The number of nitrogens with zero attached hydrogens (tertiary/aromatic N) is 2. The number of anilines is 1.